The average Bonchev–Trinajstić information content (AvgIpc) is 2.55. The third-order valence-corrected chi connectivity index (χ3v) is 5.23. The highest BCUT2D eigenvalue weighted by Gasteiger charge is 2.28. The third kappa shape index (κ3) is 3.76. The number of phenolic OH excluding ortho intramolecular Hbond substituents is 3. The Balaban J connectivity index is 2.18. The van der Waals surface area contributed by atoms with E-state index in [0.717, 1.165) is 0 Å². The Morgan fingerprint density at radius 3 is 2.30 bits per heavy atom. The van der Waals surface area contributed by atoms with Crippen molar-refractivity contribution in [1.82, 2.24) is 0 Å². The number of hydrogen-bond acceptors (Lipinski definition) is 7. The highest BCUT2D eigenvalue weighted by Crippen LogP contribution is 2.47. The van der Waals surface area contributed by atoms with Gasteiger partial charge in [0.2, 0.25) is 0 Å². The minimum atomic E-state index is -3.53. The highest BCUT2D eigenvalue weighted by molar-refractivity contribution is 7.62. The molecule has 0 aliphatic carbocycles. The summed E-state index contributed by atoms with van der Waals surface area (Å²) >= 11 is 0. The van der Waals surface area contributed by atoms with E-state index >= 15 is 0 Å². The lowest BCUT2D eigenvalue weighted by Crippen LogP contribution is -2.09. The Labute approximate surface area is 133 Å². The van der Waals surface area contributed by atoms with Gasteiger partial charge in [-0.3, -0.25) is 4.57 Å². The summed E-state index contributed by atoms with van der Waals surface area (Å²) in [6, 6.07) is 8.61. The molecule has 2 rings (SSSR count). The van der Waals surface area contributed by atoms with E-state index in [-0.39, 0.29) is 29.1 Å². The summed E-state index contributed by atoms with van der Waals surface area (Å²) in [5, 5.41) is 32.2. The second-order valence-corrected chi connectivity index (χ2v) is 6.94. The molecule has 0 unspecified atom stereocenters. The van der Waals surface area contributed by atoms with Crippen LogP contribution in [0.15, 0.2) is 36.4 Å². The first-order valence-corrected chi connectivity index (χ1v) is 8.23. The van der Waals surface area contributed by atoms with E-state index in [2.05, 4.69) is 5.32 Å². The van der Waals surface area contributed by atoms with E-state index in [0.29, 0.717) is 11.3 Å². The van der Waals surface area contributed by atoms with Crippen LogP contribution in [0.4, 0.5) is 5.69 Å². The fourth-order valence-corrected chi connectivity index (χ4v) is 3.19. The molecule has 0 amide bonds. The van der Waals surface area contributed by atoms with E-state index in [4.69, 9.17) is 9.05 Å². The molecule has 0 aliphatic rings. The molecule has 7 nitrogen and oxygen atoms in total. The lowest BCUT2D eigenvalue weighted by Gasteiger charge is -2.16. The molecule has 0 aromatic heterocycles. The van der Waals surface area contributed by atoms with Crippen LogP contribution in [0.3, 0.4) is 0 Å². The van der Waals surface area contributed by atoms with Crippen LogP contribution in [0.2, 0.25) is 0 Å². The number of phenols is 3. The zero-order valence-corrected chi connectivity index (χ0v) is 13.6. The molecular weight excluding hydrogens is 321 g/mol. The molecule has 0 heterocycles. The first-order valence-electron chi connectivity index (χ1n) is 6.69. The van der Waals surface area contributed by atoms with Gasteiger partial charge in [0, 0.05) is 38.1 Å². The molecule has 124 valence electrons. The first-order chi connectivity index (χ1) is 10.9. The fourth-order valence-electron chi connectivity index (χ4n) is 2.05. The van der Waals surface area contributed by atoms with Crippen molar-refractivity contribution < 1.29 is 28.9 Å². The van der Waals surface area contributed by atoms with Crippen molar-refractivity contribution in [2.45, 2.75) is 6.54 Å². The van der Waals surface area contributed by atoms with E-state index in [9.17, 15) is 19.9 Å². The average molecular weight is 339 g/mol. The van der Waals surface area contributed by atoms with Gasteiger partial charge in [-0.15, -0.1) is 0 Å². The number of benzene rings is 2. The molecule has 0 bridgehead atoms. The van der Waals surface area contributed by atoms with Crippen molar-refractivity contribution in [2.24, 2.45) is 0 Å². The van der Waals surface area contributed by atoms with Crippen LogP contribution in [0, 0.1) is 0 Å². The molecule has 8 heteroatoms. The van der Waals surface area contributed by atoms with Gasteiger partial charge in [-0.05, 0) is 30.3 Å². The molecule has 0 radical (unpaired) electrons. The molecule has 2 aromatic rings. The monoisotopic (exact) mass is 339 g/mol. The largest absolute Gasteiger partial charge is 0.508 e. The number of hydrogen-bond donors (Lipinski definition) is 4. The lowest BCUT2D eigenvalue weighted by atomic mass is 10.2. The zero-order valence-electron chi connectivity index (χ0n) is 12.7. The van der Waals surface area contributed by atoms with Crippen molar-refractivity contribution in [1.29, 1.82) is 0 Å². The van der Waals surface area contributed by atoms with Gasteiger partial charge in [-0.25, -0.2) is 0 Å². The second-order valence-electron chi connectivity index (χ2n) is 4.73. The second kappa shape index (κ2) is 6.91. The van der Waals surface area contributed by atoms with Crippen molar-refractivity contribution in [3.8, 4) is 17.2 Å². The predicted molar refractivity (Wildman–Crippen MR) is 86.5 cm³/mol. The quantitative estimate of drug-likeness (QED) is 0.473. The molecule has 0 aliphatic heterocycles. The molecule has 23 heavy (non-hydrogen) atoms. The van der Waals surface area contributed by atoms with Crippen molar-refractivity contribution in [2.75, 3.05) is 19.5 Å². The van der Waals surface area contributed by atoms with Gasteiger partial charge >= 0.3 is 7.60 Å². The zero-order chi connectivity index (χ0) is 17.0. The predicted octanol–water partition coefficient (Wildman–Crippen LogP) is 2.53. The highest BCUT2D eigenvalue weighted by atomic mass is 31.2. The Morgan fingerprint density at radius 1 is 1.00 bits per heavy atom. The Kier molecular flexibility index (Phi) is 5.15. The van der Waals surface area contributed by atoms with Crippen molar-refractivity contribution in [3.05, 3.63) is 42.0 Å². The van der Waals surface area contributed by atoms with Gasteiger partial charge in [0.05, 0.1) is 0 Å². The van der Waals surface area contributed by atoms with Crippen LogP contribution in [-0.4, -0.2) is 29.5 Å². The van der Waals surface area contributed by atoms with Crippen molar-refractivity contribution >= 4 is 18.6 Å². The Bertz CT molecular complexity index is 741. The van der Waals surface area contributed by atoms with Crippen LogP contribution in [0.1, 0.15) is 5.56 Å². The van der Waals surface area contributed by atoms with Gasteiger partial charge < -0.3 is 29.7 Å². The summed E-state index contributed by atoms with van der Waals surface area (Å²) in [7, 11) is -1.06. The van der Waals surface area contributed by atoms with Crippen LogP contribution in [-0.2, 0) is 20.2 Å². The molecular formula is C15H18NO6P. The minimum absolute atomic E-state index is 0.0407. The van der Waals surface area contributed by atoms with E-state index in [1.54, 1.807) is 6.07 Å². The summed E-state index contributed by atoms with van der Waals surface area (Å²) in [6.07, 6.45) is 0. The summed E-state index contributed by atoms with van der Waals surface area (Å²) < 4.78 is 21.9. The third-order valence-electron chi connectivity index (χ3n) is 3.30. The molecule has 0 saturated carbocycles. The van der Waals surface area contributed by atoms with Crippen LogP contribution >= 0.6 is 7.60 Å². The lowest BCUT2D eigenvalue weighted by molar-refractivity contribution is 0.286. The van der Waals surface area contributed by atoms with Gasteiger partial charge in [-0.1, -0.05) is 0 Å². The van der Waals surface area contributed by atoms with Crippen LogP contribution in [0.5, 0.6) is 17.2 Å². The molecule has 0 spiro atoms. The normalized spacial score (nSPS) is 11.4. The van der Waals surface area contributed by atoms with E-state index in [1.165, 1.54) is 44.6 Å². The summed E-state index contributed by atoms with van der Waals surface area (Å²) in [5.41, 5.74) is 1.03. The van der Waals surface area contributed by atoms with Crippen LogP contribution < -0.4 is 10.6 Å². The summed E-state index contributed by atoms with van der Waals surface area (Å²) in [5.74, 6) is -0.152. The maximum absolute atomic E-state index is 12.3. The van der Waals surface area contributed by atoms with Gasteiger partial charge in [0.15, 0.2) is 0 Å². The minimum Gasteiger partial charge on any atom is -0.508 e. The molecule has 0 fully saturated rings. The number of nitrogens with one attached hydrogen (secondary N) is 1. The van der Waals surface area contributed by atoms with Crippen molar-refractivity contribution in [3.63, 3.8) is 0 Å². The molecule has 2 aromatic carbocycles. The van der Waals surface area contributed by atoms with Gasteiger partial charge in [-0.2, -0.15) is 0 Å². The van der Waals surface area contributed by atoms with Gasteiger partial charge in [0.1, 0.15) is 22.6 Å². The number of aromatic hydroxyl groups is 3. The molecule has 0 saturated heterocycles. The maximum atomic E-state index is 12.3. The summed E-state index contributed by atoms with van der Waals surface area (Å²) in [6.45, 7) is 0.227. The Hall–Kier alpha value is -2.21. The number of anilines is 1. The first kappa shape index (κ1) is 17.1. The smallest absolute Gasteiger partial charge is 0.364 e. The topological polar surface area (TPSA) is 108 Å². The maximum Gasteiger partial charge on any atom is 0.364 e. The number of rotatable bonds is 6. The molecule has 4 N–H and O–H groups in total. The molecule has 0 atom stereocenters. The SMILES string of the molecule is COP(=O)(OC)c1ccc(NCc2cc(O)ccc2O)cc1O. The van der Waals surface area contributed by atoms with Gasteiger partial charge in [0.25, 0.3) is 0 Å². The van der Waals surface area contributed by atoms with E-state index < -0.39 is 7.60 Å². The van der Waals surface area contributed by atoms with Crippen LogP contribution in [0.25, 0.3) is 0 Å². The summed E-state index contributed by atoms with van der Waals surface area (Å²) in [4.78, 5) is 0. The Morgan fingerprint density at radius 2 is 1.70 bits per heavy atom. The standard InChI is InChI=1S/C15H18NO6P/c1-21-23(20,22-2)15-6-3-11(8-14(15)19)16-9-10-7-12(17)4-5-13(10)18/h3-8,16-19H,9H2,1-2H3. The fraction of sp³-hybridized carbons (Fsp3) is 0.200. The van der Waals surface area contributed by atoms with E-state index in [1.807, 2.05) is 0 Å².